The number of rotatable bonds is 26. The van der Waals surface area contributed by atoms with Crippen molar-refractivity contribution in [2.45, 2.75) is 143 Å². The Labute approximate surface area is 283 Å². The number of ether oxygens (including phenoxy) is 1. The standard InChI is InChI=1S/C36H61N5O6/c1-5-8-9-10-11-12-13-14-15-16-17-18-19-20-21-22-27-40(46-4)36(45)47-33(6-2)41-32(42)30-39(35(41)44)28-25-37-34(43)31-24-23-26-38(7-3)29-31/h23-24,26,29,33H,5-22,25,27-28,30H2,1-4H3/p+1. The molecule has 1 atom stereocenters. The number of imide groups is 1. The van der Waals surface area contributed by atoms with E-state index in [0.29, 0.717) is 12.1 Å². The number of amides is 5. The molecule has 1 saturated heterocycles. The lowest BCUT2D eigenvalue weighted by Gasteiger charge is -2.27. The van der Waals surface area contributed by atoms with Gasteiger partial charge in [0, 0.05) is 25.6 Å². The number of urea groups is 1. The van der Waals surface area contributed by atoms with E-state index >= 15 is 0 Å². The lowest BCUT2D eigenvalue weighted by molar-refractivity contribution is -0.693. The van der Waals surface area contributed by atoms with Crippen molar-refractivity contribution in [2.75, 3.05) is 33.3 Å². The zero-order chi connectivity index (χ0) is 34.3. The van der Waals surface area contributed by atoms with E-state index in [-0.39, 0.29) is 32.0 Å². The molecule has 0 bridgehead atoms. The number of hydrogen-bond donors (Lipinski definition) is 1. The number of aromatic nitrogens is 1. The molecule has 1 fully saturated rings. The van der Waals surface area contributed by atoms with Crippen LogP contribution in [0, 0.1) is 0 Å². The number of carbonyl (C=O) groups excluding carboxylic acids is 4. The smallest absolute Gasteiger partial charge is 0.423 e. The molecule has 5 amide bonds. The van der Waals surface area contributed by atoms with Crippen LogP contribution in [-0.2, 0) is 20.9 Å². The van der Waals surface area contributed by atoms with Gasteiger partial charge >= 0.3 is 12.1 Å². The summed E-state index contributed by atoms with van der Waals surface area (Å²) in [5.41, 5.74) is 0.514. The number of hydrogen-bond acceptors (Lipinski definition) is 6. The zero-order valence-corrected chi connectivity index (χ0v) is 29.7. The maximum Gasteiger partial charge on any atom is 0.435 e. The molecule has 266 valence electrons. The Morgan fingerprint density at radius 3 is 2.00 bits per heavy atom. The Balaban J connectivity index is 1.62. The predicted molar refractivity (Wildman–Crippen MR) is 182 cm³/mol. The van der Waals surface area contributed by atoms with E-state index in [4.69, 9.17) is 9.57 Å². The molecule has 47 heavy (non-hydrogen) atoms. The molecule has 2 heterocycles. The van der Waals surface area contributed by atoms with E-state index in [0.717, 1.165) is 35.8 Å². The van der Waals surface area contributed by atoms with Crippen molar-refractivity contribution in [2.24, 2.45) is 0 Å². The van der Waals surface area contributed by atoms with Crippen LogP contribution in [0.25, 0.3) is 0 Å². The van der Waals surface area contributed by atoms with Gasteiger partial charge in [0.05, 0.1) is 13.7 Å². The summed E-state index contributed by atoms with van der Waals surface area (Å²) in [6, 6.07) is 2.98. The molecule has 0 aromatic carbocycles. The first-order valence-electron chi connectivity index (χ1n) is 18.3. The Kier molecular flexibility index (Phi) is 20.4. The van der Waals surface area contributed by atoms with E-state index in [9.17, 15) is 19.2 Å². The summed E-state index contributed by atoms with van der Waals surface area (Å²) in [5, 5.41) is 3.95. The molecule has 1 unspecified atom stereocenters. The van der Waals surface area contributed by atoms with Crippen LogP contribution in [0.4, 0.5) is 9.59 Å². The first kappa shape index (κ1) is 40.0. The van der Waals surface area contributed by atoms with E-state index in [1.165, 1.54) is 95.5 Å². The third-order valence-electron chi connectivity index (χ3n) is 8.74. The molecule has 1 N–H and O–H groups in total. The Hall–Kier alpha value is -3.21. The highest BCUT2D eigenvalue weighted by Crippen LogP contribution is 2.19. The lowest BCUT2D eigenvalue weighted by atomic mass is 10.0. The van der Waals surface area contributed by atoms with Gasteiger partial charge in [0.15, 0.2) is 18.6 Å². The minimum absolute atomic E-state index is 0.142. The molecule has 0 radical (unpaired) electrons. The summed E-state index contributed by atoms with van der Waals surface area (Å²) in [6.07, 6.45) is 22.4. The summed E-state index contributed by atoms with van der Waals surface area (Å²) in [6.45, 7) is 7.30. The summed E-state index contributed by atoms with van der Waals surface area (Å²) in [4.78, 5) is 58.9. The van der Waals surface area contributed by atoms with Gasteiger partial charge in [-0.1, -0.05) is 110 Å². The third-order valence-corrected chi connectivity index (χ3v) is 8.74. The van der Waals surface area contributed by atoms with E-state index in [1.54, 1.807) is 25.3 Å². The van der Waals surface area contributed by atoms with Crippen molar-refractivity contribution >= 4 is 23.9 Å². The SMILES string of the molecule is CCCCCCCCCCCCCCCCCCN(OC)C(=O)OC(CC)N1C(=O)CN(CCNC(=O)c2ccc[n+](CC)c2)C1=O. The van der Waals surface area contributed by atoms with E-state index in [1.807, 2.05) is 17.7 Å². The van der Waals surface area contributed by atoms with Crippen LogP contribution in [0.5, 0.6) is 0 Å². The van der Waals surface area contributed by atoms with E-state index in [2.05, 4.69) is 12.2 Å². The maximum atomic E-state index is 13.1. The van der Waals surface area contributed by atoms with Crippen molar-refractivity contribution in [3.63, 3.8) is 0 Å². The fourth-order valence-corrected chi connectivity index (χ4v) is 5.84. The molecule has 1 aromatic rings. The molecule has 0 saturated carbocycles. The first-order valence-corrected chi connectivity index (χ1v) is 18.3. The van der Waals surface area contributed by atoms with Crippen molar-refractivity contribution < 1.29 is 33.3 Å². The molecular weight excluding hydrogens is 598 g/mol. The summed E-state index contributed by atoms with van der Waals surface area (Å²) in [7, 11) is 1.41. The second-order valence-corrected chi connectivity index (χ2v) is 12.5. The van der Waals surface area contributed by atoms with Gasteiger partial charge in [0.1, 0.15) is 18.7 Å². The van der Waals surface area contributed by atoms with Gasteiger partial charge < -0.3 is 15.0 Å². The Bertz CT molecular complexity index is 1070. The lowest BCUT2D eigenvalue weighted by Crippen LogP contribution is -2.46. The van der Waals surface area contributed by atoms with E-state index < -0.39 is 24.3 Å². The number of unbranched alkanes of at least 4 members (excludes halogenated alkanes) is 15. The minimum Gasteiger partial charge on any atom is -0.423 e. The van der Waals surface area contributed by atoms with Crippen LogP contribution < -0.4 is 9.88 Å². The fraction of sp³-hybridized carbons (Fsp3) is 0.750. The second-order valence-electron chi connectivity index (χ2n) is 12.5. The van der Waals surface area contributed by atoms with Crippen LogP contribution in [0.2, 0.25) is 0 Å². The average Bonchev–Trinajstić information content (AvgIpc) is 3.36. The monoisotopic (exact) mass is 660 g/mol. The molecule has 0 aliphatic carbocycles. The topological polar surface area (TPSA) is 112 Å². The van der Waals surface area contributed by atoms with Crippen LogP contribution >= 0.6 is 0 Å². The molecular formula is C36H62N5O6+. The number of hydroxylamine groups is 2. The highest BCUT2D eigenvalue weighted by Gasteiger charge is 2.42. The number of aryl methyl sites for hydroxylation is 1. The average molecular weight is 661 g/mol. The van der Waals surface area contributed by atoms with Gasteiger partial charge in [0.2, 0.25) is 0 Å². The second kappa shape index (κ2) is 24.0. The highest BCUT2D eigenvalue weighted by molar-refractivity contribution is 6.02. The van der Waals surface area contributed by atoms with Crippen LogP contribution in [0.1, 0.15) is 140 Å². The van der Waals surface area contributed by atoms with Gasteiger partial charge in [-0.3, -0.25) is 14.4 Å². The van der Waals surface area contributed by atoms with Gasteiger partial charge in [-0.25, -0.2) is 19.1 Å². The van der Waals surface area contributed by atoms with Crippen molar-refractivity contribution in [1.82, 2.24) is 20.2 Å². The predicted octanol–water partition coefficient (Wildman–Crippen LogP) is 6.99. The van der Waals surface area contributed by atoms with Crippen molar-refractivity contribution in [3.05, 3.63) is 30.1 Å². The highest BCUT2D eigenvalue weighted by atomic mass is 16.7. The van der Waals surface area contributed by atoms with Gasteiger partial charge in [-0.05, 0) is 19.4 Å². The third kappa shape index (κ3) is 15.0. The quantitative estimate of drug-likeness (QED) is 0.0497. The van der Waals surface area contributed by atoms with Crippen LogP contribution in [-0.4, -0.2) is 78.3 Å². The normalized spacial score (nSPS) is 13.7. The number of nitrogens with one attached hydrogen (secondary N) is 1. The van der Waals surface area contributed by atoms with Crippen molar-refractivity contribution in [3.8, 4) is 0 Å². The first-order chi connectivity index (χ1) is 22.9. The maximum absolute atomic E-state index is 13.1. The molecule has 1 aliphatic rings. The molecule has 1 aromatic heterocycles. The molecule has 1 aliphatic heterocycles. The van der Waals surface area contributed by atoms with Gasteiger partial charge in [0.25, 0.3) is 11.8 Å². The fourth-order valence-electron chi connectivity index (χ4n) is 5.84. The summed E-state index contributed by atoms with van der Waals surface area (Å²) >= 11 is 0. The Morgan fingerprint density at radius 1 is 0.894 bits per heavy atom. The molecule has 2 rings (SSSR count). The number of carbonyl (C=O) groups is 4. The largest absolute Gasteiger partial charge is 0.435 e. The van der Waals surface area contributed by atoms with Gasteiger partial charge in [-0.2, -0.15) is 5.06 Å². The number of nitrogens with zero attached hydrogens (tertiary/aromatic N) is 4. The number of pyridine rings is 1. The van der Waals surface area contributed by atoms with Crippen LogP contribution in [0.15, 0.2) is 24.5 Å². The molecule has 0 spiro atoms. The summed E-state index contributed by atoms with van der Waals surface area (Å²) in [5.74, 6) is -0.707. The van der Waals surface area contributed by atoms with Crippen molar-refractivity contribution in [1.29, 1.82) is 0 Å². The Morgan fingerprint density at radius 2 is 1.47 bits per heavy atom. The summed E-state index contributed by atoms with van der Waals surface area (Å²) < 4.78 is 7.47. The molecule has 11 nitrogen and oxygen atoms in total. The van der Waals surface area contributed by atoms with Gasteiger partial charge in [-0.15, -0.1) is 0 Å². The zero-order valence-electron chi connectivity index (χ0n) is 29.7. The molecule has 11 heteroatoms. The minimum atomic E-state index is -1.04. The van der Waals surface area contributed by atoms with Crippen LogP contribution in [0.3, 0.4) is 0 Å².